The number of carbonyl (C=O) groups is 1. The lowest BCUT2D eigenvalue weighted by atomic mass is 9.85. The first-order chi connectivity index (χ1) is 16.7. The number of ether oxygens (including phenoxy) is 1. The van der Waals surface area contributed by atoms with Crippen LogP contribution in [-0.4, -0.2) is 41.5 Å². The Morgan fingerprint density at radius 3 is 2.60 bits per heavy atom. The van der Waals surface area contributed by atoms with E-state index in [0.717, 1.165) is 29.5 Å². The molecule has 4 rings (SSSR count). The Hall–Kier alpha value is -3.33. The van der Waals surface area contributed by atoms with Gasteiger partial charge in [-0.25, -0.2) is 13.1 Å². The maximum Gasteiger partial charge on any atom is 0.320 e. The minimum Gasteiger partial charge on any atom is -0.489 e. The predicted octanol–water partition coefficient (Wildman–Crippen LogP) is 3.91. The number of aromatic nitrogens is 2. The van der Waals surface area contributed by atoms with Gasteiger partial charge in [0.1, 0.15) is 16.8 Å². The van der Waals surface area contributed by atoms with Gasteiger partial charge in [-0.1, -0.05) is 35.6 Å². The van der Waals surface area contributed by atoms with Crippen molar-refractivity contribution >= 4 is 27.3 Å². The highest BCUT2D eigenvalue weighted by atomic mass is 32.2. The van der Waals surface area contributed by atoms with Crippen molar-refractivity contribution in [2.24, 2.45) is 0 Å². The van der Waals surface area contributed by atoms with Crippen LogP contribution < -0.4 is 9.46 Å². The number of benzene rings is 2. The highest BCUT2D eigenvalue weighted by molar-refractivity contribution is 7.90. The Morgan fingerprint density at radius 2 is 1.91 bits per heavy atom. The molecule has 1 aliphatic carbocycles. The van der Waals surface area contributed by atoms with E-state index in [-0.39, 0.29) is 6.10 Å². The van der Waals surface area contributed by atoms with Gasteiger partial charge in [0.2, 0.25) is 10.0 Å². The third-order valence-corrected chi connectivity index (χ3v) is 7.78. The van der Waals surface area contributed by atoms with Crippen molar-refractivity contribution in [1.29, 1.82) is 5.26 Å². The smallest absolute Gasteiger partial charge is 0.320 e. The molecule has 9 nitrogen and oxygen atoms in total. The number of rotatable bonds is 8. The Kier molecular flexibility index (Phi) is 7.16. The van der Waals surface area contributed by atoms with Gasteiger partial charge >= 0.3 is 5.97 Å². The number of nitrogens with one attached hydrogen (secondary N) is 1. The summed E-state index contributed by atoms with van der Waals surface area (Å²) in [5.74, 6) is -1.90. The van der Waals surface area contributed by atoms with Gasteiger partial charge in [0.05, 0.1) is 17.2 Å². The Morgan fingerprint density at radius 1 is 1.23 bits per heavy atom. The Labute approximate surface area is 207 Å². The SMILES string of the molecule is CC(C)Oc1c(C#N)cccc1-c1nnc(-c2cccc3c2CCCC3NS(=O)(=O)CC(=O)O)s1. The van der Waals surface area contributed by atoms with Crippen LogP contribution in [0.4, 0.5) is 0 Å². The topological polar surface area (TPSA) is 142 Å². The van der Waals surface area contributed by atoms with Crippen LogP contribution in [0.25, 0.3) is 21.1 Å². The van der Waals surface area contributed by atoms with Gasteiger partial charge in [-0.3, -0.25) is 4.79 Å². The summed E-state index contributed by atoms with van der Waals surface area (Å²) in [5.41, 5.74) is 3.74. The highest BCUT2D eigenvalue weighted by Gasteiger charge is 2.28. The monoisotopic (exact) mass is 512 g/mol. The van der Waals surface area contributed by atoms with E-state index in [4.69, 9.17) is 9.84 Å². The van der Waals surface area contributed by atoms with Crippen LogP contribution in [0.1, 0.15) is 49.4 Å². The second-order valence-electron chi connectivity index (χ2n) is 8.46. The molecule has 1 aromatic heterocycles. The molecule has 1 aliphatic rings. The number of nitriles is 1. The third kappa shape index (κ3) is 5.51. The van der Waals surface area contributed by atoms with E-state index in [2.05, 4.69) is 21.0 Å². The molecular weight excluding hydrogens is 488 g/mol. The molecule has 1 unspecified atom stereocenters. The molecule has 0 radical (unpaired) electrons. The quantitative estimate of drug-likeness (QED) is 0.462. The highest BCUT2D eigenvalue weighted by Crippen LogP contribution is 2.41. The number of hydrogen-bond donors (Lipinski definition) is 2. The molecule has 0 fully saturated rings. The van der Waals surface area contributed by atoms with Crippen molar-refractivity contribution in [2.75, 3.05) is 5.75 Å². The molecule has 0 spiro atoms. The first-order valence-corrected chi connectivity index (χ1v) is 13.5. The Bertz CT molecular complexity index is 1410. The van der Waals surface area contributed by atoms with Gasteiger partial charge in [0.15, 0.2) is 10.8 Å². The van der Waals surface area contributed by atoms with Crippen molar-refractivity contribution in [3.05, 3.63) is 53.1 Å². The molecule has 2 N–H and O–H groups in total. The molecule has 2 aromatic carbocycles. The molecule has 0 saturated carbocycles. The summed E-state index contributed by atoms with van der Waals surface area (Å²) < 4.78 is 33.0. The van der Waals surface area contributed by atoms with E-state index in [1.807, 2.05) is 38.1 Å². The Balaban J connectivity index is 1.71. The normalized spacial score (nSPS) is 15.4. The molecule has 0 aliphatic heterocycles. The van der Waals surface area contributed by atoms with Crippen LogP contribution in [0.2, 0.25) is 0 Å². The molecule has 1 heterocycles. The van der Waals surface area contributed by atoms with Gasteiger partial charge < -0.3 is 9.84 Å². The van der Waals surface area contributed by atoms with Gasteiger partial charge in [-0.2, -0.15) is 5.26 Å². The summed E-state index contributed by atoms with van der Waals surface area (Å²) in [7, 11) is -3.97. The maximum absolute atomic E-state index is 12.2. The lowest BCUT2D eigenvalue weighted by molar-refractivity contribution is -0.134. The number of carboxylic acid groups (broad SMARTS) is 1. The maximum atomic E-state index is 12.2. The van der Waals surface area contributed by atoms with Crippen molar-refractivity contribution in [3.63, 3.8) is 0 Å². The van der Waals surface area contributed by atoms with E-state index in [1.165, 1.54) is 11.3 Å². The fourth-order valence-corrected chi connectivity index (χ4v) is 6.19. The zero-order chi connectivity index (χ0) is 25.2. The molecular formula is C24H24N4O5S2. The number of nitrogens with zero attached hydrogens (tertiary/aromatic N) is 3. The van der Waals surface area contributed by atoms with Crippen LogP contribution in [-0.2, 0) is 21.2 Å². The minimum absolute atomic E-state index is 0.126. The summed E-state index contributed by atoms with van der Waals surface area (Å²) in [4.78, 5) is 10.9. The van der Waals surface area contributed by atoms with Gasteiger partial charge in [0, 0.05) is 11.6 Å². The zero-order valence-electron chi connectivity index (χ0n) is 19.2. The molecule has 0 saturated heterocycles. The zero-order valence-corrected chi connectivity index (χ0v) is 20.8. The second-order valence-corrected chi connectivity index (χ2v) is 11.2. The molecule has 182 valence electrons. The van der Waals surface area contributed by atoms with Crippen LogP contribution in [0, 0.1) is 11.3 Å². The first-order valence-electron chi connectivity index (χ1n) is 11.1. The number of sulfonamides is 1. The van der Waals surface area contributed by atoms with Crippen molar-refractivity contribution < 1.29 is 23.1 Å². The van der Waals surface area contributed by atoms with Gasteiger partial charge in [-0.15, -0.1) is 10.2 Å². The molecule has 3 aromatic rings. The van der Waals surface area contributed by atoms with Crippen LogP contribution >= 0.6 is 11.3 Å². The number of aliphatic carboxylic acids is 1. The summed E-state index contributed by atoms with van der Waals surface area (Å²) in [6, 6.07) is 12.6. The van der Waals surface area contributed by atoms with E-state index in [0.29, 0.717) is 33.3 Å². The van der Waals surface area contributed by atoms with Gasteiger partial charge in [0.25, 0.3) is 0 Å². The van der Waals surface area contributed by atoms with Crippen molar-refractivity contribution in [3.8, 4) is 33.0 Å². The predicted molar refractivity (Wildman–Crippen MR) is 131 cm³/mol. The molecule has 0 amide bonds. The molecule has 11 heteroatoms. The molecule has 0 bridgehead atoms. The molecule has 1 atom stereocenters. The average molecular weight is 513 g/mol. The van der Waals surface area contributed by atoms with Crippen molar-refractivity contribution in [2.45, 2.75) is 45.3 Å². The van der Waals surface area contributed by atoms with Crippen molar-refractivity contribution in [1.82, 2.24) is 14.9 Å². The second kappa shape index (κ2) is 10.1. The van der Waals surface area contributed by atoms with Crippen LogP contribution in [0.3, 0.4) is 0 Å². The summed E-state index contributed by atoms with van der Waals surface area (Å²) in [6.45, 7) is 3.78. The third-order valence-electron chi connectivity index (χ3n) is 5.52. The molecule has 35 heavy (non-hydrogen) atoms. The first kappa shape index (κ1) is 24.8. The van der Waals surface area contributed by atoms with E-state index < -0.39 is 27.8 Å². The number of carboxylic acids is 1. The van der Waals surface area contributed by atoms with Gasteiger partial charge in [-0.05, 0) is 56.4 Å². The fraction of sp³-hybridized carbons (Fsp3) is 0.333. The number of fused-ring (bicyclic) bond motifs is 1. The summed E-state index contributed by atoms with van der Waals surface area (Å²) >= 11 is 1.37. The van der Waals surface area contributed by atoms with Crippen LogP contribution in [0.15, 0.2) is 36.4 Å². The average Bonchev–Trinajstić information content (AvgIpc) is 3.27. The summed E-state index contributed by atoms with van der Waals surface area (Å²) in [6.07, 6.45) is 1.93. The number of para-hydroxylation sites is 1. The fourth-order valence-electron chi connectivity index (χ4n) is 4.19. The lowest BCUT2D eigenvalue weighted by Crippen LogP contribution is -2.35. The van der Waals surface area contributed by atoms with E-state index in [1.54, 1.807) is 12.1 Å². The largest absolute Gasteiger partial charge is 0.489 e. The van der Waals surface area contributed by atoms with E-state index >= 15 is 0 Å². The lowest BCUT2D eigenvalue weighted by Gasteiger charge is -2.27. The van der Waals surface area contributed by atoms with Crippen LogP contribution in [0.5, 0.6) is 5.75 Å². The summed E-state index contributed by atoms with van der Waals surface area (Å²) in [5, 5.41) is 28.5. The van der Waals surface area contributed by atoms with E-state index in [9.17, 15) is 18.5 Å². The standard InChI is InChI=1S/C24H24N4O5S2/c1-14(2)33-22-15(12-25)6-3-10-19(22)24-27-26-23(34-24)18-9-4-8-17-16(18)7-5-11-20(17)28-35(31,32)13-21(29)30/h3-4,6,8-10,14,20,28H,5,7,11,13H2,1-2H3,(H,29,30). The minimum atomic E-state index is -3.97. The number of hydrogen-bond acceptors (Lipinski definition) is 8.